The minimum atomic E-state index is 0.189. The van der Waals surface area contributed by atoms with Crippen LogP contribution in [0.1, 0.15) is 26.3 Å². The number of hydrogen-bond donors (Lipinski definition) is 1. The van der Waals surface area contributed by atoms with Gasteiger partial charge in [0.2, 0.25) is 0 Å². The van der Waals surface area contributed by atoms with Gasteiger partial charge >= 0.3 is 0 Å². The van der Waals surface area contributed by atoms with E-state index in [0.717, 1.165) is 25.4 Å². The zero-order chi connectivity index (χ0) is 13.2. The first kappa shape index (κ1) is 13.4. The topological polar surface area (TPSA) is 24.5 Å². The van der Waals surface area contributed by atoms with Crippen LogP contribution >= 0.6 is 0 Å². The number of hydrogen-bond acceptors (Lipinski definition) is 3. The normalized spacial score (nSPS) is 23.9. The van der Waals surface area contributed by atoms with Gasteiger partial charge in [-0.1, -0.05) is 18.2 Å². The number of benzene rings is 1. The highest BCUT2D eigenvalue weighted by Gasteiger charge is 2.30. The maximum Gasteiger partial charge on any atom is 0.123 e. The molecule has 1 aromatic carbocycles. The molecule has 2 rings (SSSR count). The first-order valence-electron chi connectivity index (χ1n) is 6.63. The van der Waals surface area contributed by atoms with E-state index in [1.807, 2.05) is 12.1 Å². The molecule has 1 aromatic rings. The molecule has 0 saturated carbocycles. The number of nitrogens with zero attached hydrogens (tertiary/aromatic N) is 1. The smallest absolute Gasteiger partial charge is 0.123 e. The van der Waals surface area contributed by atoms with Gasteiger partial charge < -0.3 is 10.1 Å². The van der Waals surface area contributed by atoms with Crippen molar-refractivity contribution in [3.05, 3.63) is 29.8 Å². The second-order valence-corrected chi connectivity index (χ2v) is 5.83. The van der Waals surface area contributed by atoms with Gasteiger partial charge in [0.25, 0.3) is 0 Å². The highest BCUT2D eigenvalue weighted by atomic mass is 16.5. The van der Waals surface area contributed by atoms with E-state index in [1.165, 1.54) is 5.56 Å². The highest BCUT2D eigenvalue weighted by Crippen LogP contribution is 2.23. The van der Waals surface area contributed by atoms with Crippen LogP contribution in [0.5, 0.6) is 5.75 Å². The summed E-state index contributed by atoms with van der Waals surface area (Å²) in [6.07, 6.45) is 0. The van der Waals surface area contributed by atoms with E-state index in [1.54, 1.807) is 7.11 Å². The fraction of sp³-hybridized carbons (Fsp3) is 0.600. The van der Waals surface area contributed by atoms with Gasteiger partial charge in [-0.2, -0.15) is 0 Å². The summed E-state index contributed by atoms with van der Waals surface area (Å²) in [6, 6.07) is 8.85. The Morgan fingerprint density at radius 1 is 1.39 bits per heavy atom. The fourth-order valence-corrected chi connectivity index (χ4v) is 2.54. The molecule has 0 aliphatic carbocycles. The molecule has 0 amide bonds. The zero-order valence-corrected chi connectivity index (χ0v) is 11.9. The molecule has 1 atom stereocenters. The third-order valence-corrected chi connectivity index (χ3v) is 3.66. The third-order valence-electron chi connectivity index (χ3n) is 3.66. The fourth-order valence-electron chi connectivity index (χ4n) is 2.54. The maximum absolute atomic E-state index is 5.43. The molecule has 18 heavy (non-hydrogen) atoms. The lowest BCUT2D eigenvalue weighted by molar-refractivity contribution is 0.0969. The summed E-state index contributed by atoms with van der Waals surface area (Å²) >= 11 is 0. The highest BCUT2D eigenvalue weighted by molar-refractivity contribution is 5.33. The number of rotatable bonds is 3. The summed E-state index contributed by atoms with van der Waals surface area (Å²) in [4.78, 5) is 2.52. The molecule has 1 heterocycles. The van der Waals surface area contributed by atoms with Gasteiger partial charge in [-0.15, -0.1) is 0 Å². The molecule has 3 heteroatoms. The van der Waals surface area contributed by atoms with Gasteiger partial charge in [0.15, 0.2) is 0 Å². The van der Waals surface area contributed by atoms with Crippen molar-refractivity contribution in [1.29, 1.82) is 0 Å². The van der Waals surface area contributed by atoms with E-state index in [4.69, 9.17) is 4.74 Å². The van der Waals surface area contributed by atoms with Gasteiger partial charge in [-0.25, -0.2) is 0 Å². The molecule has 1 N–H and O–H groups in total. The van der Waals surface area contributed by atoms with E-state index < -0.39 is 0 Å². The van der Waals surface area contributed by atoms with Crippen molar-refractivity contribution in [3.8, 4) is 5.75 Å². The van der Waals surface area contributed by atoms with Crippen LogP contribution in [0, 0.1) is 0 Å². The number of nitrogens with one attached hydrogen (secondary N) is 1. The van der Waals surface area contributed by atoms with Crippen LogP contribution in [0.3, 0.4) is 0 Å². The van der Waals surface area contributed by atoms with Crippen molar-refractivity contribution in [3.63, 3.8) is 0 Å². The molecular weight excluding hydrogens is 224 g/mol. The first-order chi connectivity index (χ1) is 8.52. The van der Waals surface area contributed by atoms with E-state index in [0.29, 0.717) is 6.04 Å². The zero-order valence-electron chi connectivity index (χ0n) is 11.9. The largest absolute Gasteiger partial charge is 0.496 e. The first-order valence-corrected chi connectivity index (χ1v) is 6.63. The second kappa shape index (κ2) is 5.29. The molecule has 0 spiro atoms. The molecule has 0 bridgehead atoms. The number of para-hydroxylation sites is 1. The van der Waals surface area contributed by atoms with Crippen molar-refractivity contribution in [2.75, 3.05) is 20.2 Å². The summed E-state index contributed by atoms with van der Waals surface area (Å²) in [7, 11) is 1.74. The molecule has 1 saturated heterocycles. The van der Waals surface area contributed by atoms with E-state index in [9.17, 15) is 0 Å². The van der Waals surface area contributed by atoms with Gasteiger partial charge in [0.05, 0.1) is 7.11 Å². The molecule has 1 aliphatic rings. The van der Waals surface area contributed by atoms with Crippen LogP contribution in [0.2, 0.25) is 0 Å². The van der Waals surface area contributed by atoms with Gasteiger partial charge in [-0.3, -0.25) is 4.90 Å². The van der Waals surface area contributed by atoms with Crippen LogP contribution in [0.25, 0.3) is 0 Å². The Bertz CT molecular complexity index is 403. The average Bonchev–Trinajstić information content (AvgIpc) is 2.34. The van der Waals surface area contributed by atoms with Crippen molar-refractivity contribution in [1.82, 2.24) is 10.2 Å². The quantitative estimate of drug-likeness (QED) is 0.888. The number of ether oxygens (including phenoxy) is 1. The lowest BCUT2D eigenvalue weighted by Crippen LogP contribution is -2.60. The van der Waals surface area contributed by atoms with Crippen molar-refractivity contribution >= 4 is 0 Å². The van der Waals surface area contributed by atoms with E-state index in [-0.39, 0.29) is 5.54 Å². The van der Waals surface area contributed by atoms with Crippen LogP contribution < -0.4 is 10.1 Å². The molecule has 100 valence electrons. The second-order valence-electron chi connectivity index (χ2n) is 5.83. The number of methoxy groups -OCH3 is 1. The minimum absolute atomic E-state index is 0.189. The van der Waals surface area contributed by atoms with E-state index >= 15 is 0 Å². The Morgan fingerprint density at radius 2 is 2.11 bits per heavy atom. The van der Waals surface area contributed by atoms with Gasteiger partial charge in [-0.05, 0) is 26.8 Å². The third kappa shape index (κ3) is 3.03. The molecule has 1 fully saturated rings. The lowest BCUT2D eigenvalue weighted by Gasteiger charge is -2.43. The summed E-state index contributed by atoms with van der Waals surface area (Å²) in [5, 5.41) is 3.58. The Kier molecular flexibility index (Phi) is 3.93. The Morgan fingerprint density at radius 3 is 2.83 bits per heavy atom. The standard InChI is InChI=1S/C15H24N2O/c1-12-9-16-15(2,3)11-17(12)10-13-7-5-6-8-14(13)18-4/h5-8,12,16H,9-11H2,1-4H3. The predicted octanol–water partition coefficient (Wildman–Crippen LogP) is 2.27. The predicted molar refractivity (Wildman–Crippen MR) is 74.9 cm³/mol. The monoisotopic (exact) mass is 248 g/mol. The Hall–Kier alpha value is -1.06. The molecular formula is C15H24N2O. The van der Waals surface area contributed by atoms with Crippen LogP contribution in [0.4, 0.5) is 0 Å². The van der Waals surface area contributed by atoms with Crippen LogP contribution in [-0.2, 0) is 6.54 Å². The van der Waals surface area contributed by atoms with Crippen LogP contribution in [-0.4, -0.2) is 36.7 Å². The van der Waals surface area contributed by atoms with Gasteiger partial charge in [0, 0.05) is 36.8 Å². The van der Waals surface area contributed by atoms with Crippen molar-refractivity contribution < 1.29 is 4.74 Å². The summed E-state index contributed by atoms with van der Waals surface area (Å²) in [5.41, 5.74) is 1.46. The Balaban J connectivity index is 2.12. The van der Waals surface area contributed by atoms with Crippen molar-refractivity contribution in [2.24, 2.45) is 0 Å². The van der Waals surface area contributed by atoms with Gasteiger partial charge in [0.1, 0.15) is 5.75 Å². The summed E-state index contributed by atoms with van der Waals surface area (Å²) < 4.78 is 5.43. The minimum Gasteiger partial charge on any atom is -0.496 e. The maximum atomic E-state index is 5.43. The molecule has 0 aromatic heterocycles. The van der Waals surface area contributed by atoms with Crippen molar-refractivity contribution in [2.45, 2.75) is 38.9 Å². The molecule has 1 aliphatic heterocycles. The van der Waals surface area contributed by atoms with E-state index in [2.05, 4.69) is 43.1 Å². The Labute approximate surface area is 110 Å². The average molecular weight is 248 g/mol. The lowest BCUT2D eigenvalue weighted by atomic mass is 9.98. The van der Waals surface area contributed by atoms with Crippen LogP contribution in [0.15, 0.2) is 24.3 Å². The summed E-state index contributed by atoms with van der Waals surface area (Å²) in [5.74, 6) is 0.987. The summed E-state index contributed by atoms with van der Waals surface area (Å²) in [6.45, 7) is 9.85. The molecule has 3 nitrogen and oxygen atoms in total. The number of piperazine rings is 1. The SMILES string of the molecule is COc1ccccc1CN1CC(C)(C)NCC1C. The molecule has 1 unspecified atom stereocenters. The molecule has 0 radical (unpaired) electrons.